The van der Waals surface area contributed by atoms with E-state index in [1.165, 1.54) is 12.8 Å². The van der Waals surface area contributed by atoms with E-state index in [-0.39, 0.29) is 12.1 Å². The molecule has 2 heterocycles. The number of hydrogen-bond acceptors (Lipinski definition) is 4. The second-order valence-electron chi connectivity index (χ2n) is 6.29. The molecule has 1 aromatic rings. The van der Waals surface area contributed by atoms with Gasteiger partial charge in [0, 0.05) is 17.1 Å². The van der Waals surface area contributed by atoms with Gasteiger partial charge in [0.15, 0.2) is 6.10 Å². The Morgan fingerprint density at radius 1 is 1.23 bits per heavy atom. The fourth-order valence-electron chi connectivity index (χ4n) is 3.48. The average Bonchev–Trinajstić information content (AvgIpc) is 2.72. The standard InChI is InChI=1S/C17H22ClNO3/c1-11(21-15-7-3-12(18)4-8-15)17(20)22-16-9-13-5-6-14(10-16)19(13)2/h3-4,7-8,11,13-14,16H,5-6,9-10H2,1-2H3/t11-,13-,14+,16?/m1/s1. The highest BCUT2D eigenvalue weighted by atomic mass is 35.5. The maximum Gasteiger partial charge on any atom is 0.347 e. The minimum atomic E-state index is -0.613. The zero-order chi connectivity index (χ0) is 15.7. The Labute approximate surface area is 136 Å². The zero-order valence-electron chi connectivity index (χ0n) is 13.0. The highest BCUT2D eigenvalue weighted by Gasteiger charge is 2.40. The van der Waals surface area contributed by atoms with Gasteiger partial charge in [0.05, 0.1) is 0 Å². The van der Waals surface area contributed by atoms with E-state index in [9.17, 15) is 4.79 Å². The molecule has 22 heavy (non-hydrogen) atoms. The van der Waals surface area contributed by atoms with Crippen molar-refractivity contribution in [3.63, 3.8) is 0 Å². The smallest absolute Gasteiger partial charge is 0.347 e. The maximum atomic E-state index is 12.2. The molecule has 0 radical (unpaired) electrons. The third-order valence-electron chi connectivity index (χ3n) is 4.80. The van der Waals surface area contributed by atoms with Gasteiger partial charge in [-0.3, -0.25) is 0 Å². The van der Waals surface area contributed by atoms with Crippen LogP contribution in [0.5, 0.6) is 5.75 Å². The molecule has 0 spiro atoms. The molecular weight excluding hydrogens is 302 g/mol. The predicted octanol–water partition coefficient (Wildman–Crippen LogP) is 3.28. The van der Waals surface area contributed by atoms with Crippen molar-refractivity contribution in [1.82, 2.24) is 4.90 Å². The van der Waals surface area contributed by atoms with Gasteiger partial charge >= 0.3 is 5.97 Å². The lowest BCUT2D eigenvalue weighted by Gasteiger charge is -2.36. The molecular formula is C17H22ClNO3. The summed E-state index contributed by atoms with van der Waals surface area (Å²) >= 11 is 5.83. The van der Waals surface area contributed by atoms with Crippen molar-refractivity contribution in [3.05, 3.63) is 29.3 Å². The summed E-state index contributed by atoms with van der Waals surface area (Å²) in [7, 11) is 2.17. The molecule has 1 aromatic carbocycles. The summed E-state index contributed by atoms with van der Waals surface area (Å²) in [6.45, 7) is 1.72. The zero-order valence-corrected chi connectivity index (χ0v) is 13.8. The van der Waals surface area contributed by atoms with Crippen LogP contribution in [0, 0.1) is 0 Å². The van der Waals surface area contributed by atoms with Crippen LogP contribution < -0.4 is 4.74 Å². The third kappa shape index (κ3) is 3.39. The molecule has 0 saturated carbocycles. The summed E-state index contributed by atoms with van der Waals surface area (Å²) in [5.74, 6) is 0.334. The molecule has 2 fully saturated rings. The Balaban J connectivity index is 1.52. The van der Waals surface area contributed by atoms with Crippen molar-refractivity contribution in [3.8, 4) is 5.75 Å². The number of benzene rings is 1. The quantitative estimate of drug-likeness (QED) is 0.797. The minimum Gasteiger partial charge on any atom is -0.479 e. The topological polar surface area (TPSA) is 38.8 Å². The number of piperidine rings is 1. The number of hydrogen-bond donors (Lipinski definition) is 0. The largest absolute Gasteiger partial charge is 0.479 e. The molecule has 2 saturated heterocycles. The van der Waals surface area contributed by atoms with E-state index in [0.717, 1.165) is 12.8 Å². The minimum absolute atomic E-state index is 0.0254. The first-order valence-corrected chi connectivity index (χ1v) is 8.25. The summed E-state index contributed by atoms with van der Waals surface area (Å²) in [6, 6.07) is 8.10. The van der Waals surface area contributed by atoms with Crippen LogP contribution in [0.15, 0.2) is 24.3 Å². The van der Waals surface area contributed by atoms with Crippen LogP contribution in [0.4, 0.5) is 0 Å². The van der Waals surface area contributed by atoms with Crippen LogP contribution in [0.25, 0.3) is 0 Å². The Hall–Kier alpha value is -1.26. The molecule has 4 atom stereocenters. The van der Waals surface area contributed by atoms with E-state index < -0.39 is 6.10 Å². The van der Waals surface area contributed by atoms with Crippen LogP contribution in [0.1, 0.15) is 32.6 Å². The monoisotopic (exact) mass is 323 g/mol. The summed E-state index contributed by atoms with van der Waals surface area (Å²) in [5.41, 5.74) is 0. The first kappa shape index (κ1) is 15.6. The summed E-state index contributed by atoms with van der Waals surface area (Å²) in [4.78, 5) is 14.6. The number of fused-ring (bicyclic) bond motifs is 2. The molecule has 0 aromatic heterocycles. The number of nitrogens with zero attached hydrogens (tertiary/aromatic N) is 1. The maximum absolute atomic E-state index is 12.2. The summed E-state index contributed by atoms with van der Waals surface area (Å²) < 4.78 is 11.3. The fraction of sp³-hybridized carbons (Fsp3) is 0.588. The van der Waals surface area contributed by atoms with Gasteiger partial charge < -0.3 is 14.4 Å². The van der Waals surface area contributed by atoms with E-state index in [1.54, 1.807) is 31.2 Å². The van der Waals surface area contributed by atoms with Crippen LogP contribution >= 0.6 is 11.6 Å². The number of esters is 1. The van der Waals surface area contributed by atoms with Crippen molar-refractivity contribution in [2.45, 2.75) is 56.9 Å². The molecule has 2 aliphatic heterocycles. The van der Waals surface area contributed by atoms with Gasteiger partial charge in [-0.2, -0.15) is 0 Å². The highest BCUT2D eigenvalue weighted by molar-refractivity contribution is 6.30. The molecule has 4 nitrogen and oxygen atoms in total. The number of ether oxygens (including phenoxy) is 2. The lowest BCUT2D eigenvalue weighted by molar-refractivity contribution is -0.159. The number of halogens is 1. The van der Waals surface area contributed by atoms with Crippen molar-refractivity contribution in [2.24, 2.45) is 0 Å². The second kappa shape index (κ2) is 6.47. The van der Waals surface area contributed by atoms with Crippen LogP contribution in [0.3, 0.4) is 0 Å². The van der Waals surface area contributed by atoms with E-state index in [4.69, 9.17) is 21.1 Å². The molecule has 0 amide bonds. The number of carbonyl (C=O) groups excluding carboxylic acids is 1. The van der Waals surface area contributed by atoms with Crippen molar-refractivity contribution in [2.75, 3.05) is 7.05 Å². The van der Waals surface area contributed by atoms with Gasteiger partial charge in [0.2, 0.25) is 0 Å². The van der Waals surface area contributed by atoms with Crippen molar-refractivity contribution in [1.29, 1.82) is 0 Å². The molecule has 2 aliphatic rings. The Morgan fingerprint density at radius 2 is 1.82 bits per heavy atom. The SMILES string of the molecule is C[C@@H](Oc1ccc(Cl)cc1)C(=O)OC1C[C@H]2CC[C@@H](C1)N2C. The van der Waals surface area contributed by atoms with E-state index in [1.807, 2.05) is 0 Å². The first-order valence-electron chi connectivity index (χ1n) is 7.87. The Morgan fingerprint density at radius 3 is 2.41 bits per heavy atom. The molecule has 1 unspecified atom stereocenters. The van der Waals surface area contributed by atoms with Gasteiger partial charge in [-0.05, 0) is 63.9 Å². The Bertz CT molecular complexity index is 519. The second-order valence-corrected chi connectivity index (χ2v) is 6.73. The van der Waals surface area contributed by atoms with Crippen molar-refractivity contribution < 1.29 is 14.3 Å². The predicted molar refractivity (Wildman–Crippen MR) is 85.2 cm³/mol. The number of carbonyl (C=O) groups is 1. The molecule has 2 bridgehead atoms. The van der Waals surface area contributed by atoms with Gasteiger partial charge in [-0.15, -0.1) is 0 Å². The lowest BCUT2D eigenvalue weighted by atomic mass is 10.0. The lowest BCUT2D eigenvalue weighted by Crippen LogP contribution is -2.44. The van der Waals surface area contributed by atoms with E-state index in [2.05, 4.69) is 11.9 Å². The average molecular weight is 324 g/mol. The fourth-order valence-corrected chi connectivity index (χ4v) is 3.61. The molecule has 0 aliphatic carbocycles. The first-order chi connectivity index (χ1) is 10.5. The van der Waals surface area contributed by atoms with Crippen LogP contribution in [0.2, 0.25) is 5.02 Å². The number of rotatable bonds is 4. The van der Waals surface area contributed by atoms with Gasteiger partial charge in [-0.25, -0.2) is 4.79 Å². The Kier molecular flexibility index (Phi) is 4.59. The summed E-state index contributed by atoms with van der Waals surface area (Å²) in [5, 5.41) is 0.643. The van der Waals surface area contributed by atoms with Gasteiger partial charge in [-0.1, -0.05) is 11.6 Å². The molecule has 3 rings (SSSR count). The molecule has 120 valence electrons. The highest BCUT2D eigenvalue weighted by Crippen LogP contribution is 2.35. The summed E-state index contributed by atoms with van der Waals surface area (Å²) in [6.07, 6.45) is 3.72. The van der Waals surface area contributed by atoms with E-state index >= 15 is 0 Å². The van der Waals surface area contributed by atoms with Crippen molar-refractivity contribution >= 4 is 17.6 Å². The van der Waals surface area contributed by atoms with Crippen LogP contribution in [-0.4, -0.2) is 42.2 Å². The third-order valence-corrected chi connectivity index (χ3v) is 5.05. The molecule has 0 N–H and O–H groups in total. The van der Waals surface area contributed by atoms with E-state index in [0.29, 0.717) is 22.9 Å². The normalized spacial score (nSPS) is 29.1. The molecule has 5 heteroatoms. The van der Waals surface area contributed by atoms with Gasteiger partial charge in [0.25, 0.3) is 0 Å². The van der Waals surface area contributed by atoms with Gasteiger partial charge in [0.1, 0.15) is 11.9 Å². The van der Waals surface area contributed by atoms with Crippen LogP contribution in [-0.2, 0) is 9.53 Å².